The van der Waals surface area contributed by atoms with Gasteiger partial charge in [-0.2, -0.15) is 4.37 Å². The van der Waals surface area contributed by atoms with Gasteiger partial charge >= 0.3 is 0 Å². The molecule has 1 heterocycles. The van der Waals surface area contributed by atoms with Crippen LogP contribution in [0.25, 0.3) is 0 Å². The fourth-order valence-corrected chi connectivity index (χ4v) is 2.06. The SMILES string of the molecule is CCOCCN(C)c1snc(N)c1OC(C)C. The van der Waals surface area contributed by atoms with Crippen molar-refractivity contribution in [3.8, 4) is 5.75 Å². The Morgan fingerprint density at radius 3 is 2.76 bits per heavy atom. The smallest absolute Gasteiger partial charge is 0.198 e. The normalized spacial score (nSPS) is 10.9. The second kappa shape index (κ2) is 6.66. The van der Waals surface area contributed by atoms with Crippen LogP contribution in [0.1, 0.15) is 20.8 Å². The van der Waals surface area contributed by atoms with Crippen molar-refractivity contribution < 1.29 is 9.47 Å². The minimum atomic E-state index is 0.0905. The second-order valence-electron chi connectivity index (χ2n) is 3.99. The van der Waals surface area contributed by atoms with Crippen molar-refractivity contribution in [2.75, 3.05) is 37.4 Å². The molecule has 2 N–H and O–H groups in total. The highest BCUT2D eigenvalue weighted by Crippen LogP contribution is 2.38. The summed E-state index contributed by atoms with van der Waals surface area (Å²) < 4.78 is 15.1. The first kappa shape index (κ1) is 14.1. The minimum absolute atomic E-state index is 0.0905. The van der Waals surface area contributed by atoms with Crippen molar-refractivity contribution in [2.24, 2.45) is 0 Å². The van der Waals surface area contributed by atoms with Gasteiger partial charge in [0.15, 0.2) is 16.6 Å². The molecule has 17 heavy (non-hydrogen) atoms. The molecular weight excluding hydrogens is 238 g/mol. The van der Waals surface area contributed by atoms with Gasteiger partial charge in [-0.3, -0.25) is 0 Å². The van der Waals surface area contributed by atoms with Crippen LogP contribution < -0.4 is 15.4 Å². The van der Waals surface area contributed by atoms with E-state index in [9.17, 15) is 0 Å². The van der Waals surface area contributed by atoms with E-state index in [1.165, 1.54) is 11.5 Å². The first-order chi connectivity index (χ1) is 8.06. The molecule has 0 saturated carbocycles. The Kier molecular flexibility index (Phi) is 5.50. The molecule has 98 valence electrons. The molecule has 0 amide bonds. The van der Waals surface area contributed by atoms with Crippen molar-refractivity contribution in [1.29, 1.82) is 0 Å². The molecule has 0 aliphatic carbocycles. The lowest BCUT2D eigenvalue weighted by molar-refractivity contribution is 0.154. The molecule has 1 aromatic rings. The molecule has 6 heteroatoms. The van der Waals surface area contributed by atoms with Crippen LogP contribution in [0.3, 0.4) is 0 Å². The second-order valence-corrected chi connectivity index (χ2v) is 4.74. The number of hydrogen-bond donors (Lipinski definition) is 1. The van der Waals surface area contributed by atoms with Gasteiger partial charge in [-0.15, -0.1) is 0 Å². The highest BCUT2D eigenvalue weighted by molar-refractivity contribution is 7.11. The zero-order valence-corrected chi connectivity index (χ0v) is 11.7. The van der Waals surface area contributed by atoms with E-state index in [1.54, 1.807) is 0 Å². The third-order valence-corrected chi connectivity index (χ3v) is 3.09. The van der Waals surface area contributed by atoms with E-state index in [-0.39, 0.29) is 6.10 Å². The molecule has 0 saturated heterocycles. The van der Waals surface area contributed by atoms with Crippen LogP contribution in [0.4, 0.5) is 10.8 Å². The third kappa shape index (κ3) is 4.05. The number of ether oxygens (including phenoxy) is 2. The number of anilines is 2. The molecule has 1 aromatic heterocycles. The van der Waals surface area contributed by atoms with E-state index >= 15 is 0 Å². The summed E-state index contributed by atoms with van der Waals surface area (Å²) in [6.45, 7) is 8.14. The van der Waals surface area contributed by atoms with Crippen LogP contribution in [0.2, 0.25) is 0 Å². The molecule has 0 spiro atoms. The quantitative estimate of drug-likeness (QED) is 0.759. The summed E-state index contributed by atoms with van der Waals surface area (Å²) in [5, 5.41) is 0.955. The van der Waals surface area contributed by atoms with Crippen LogP contribution in [-0.4, -0.2) is 37.3 Å². The van der Waals surface area contributed by atoms with Crippen molar-refractivity contribution in [3.05, 3.63) is 0 Å². The molecule has 0 atom stereocenters. The Balaban J connectivity index is 2.68. The average Bonchev–Trinajstić information content (AvgIpc) is 2.60. The van der Waals surface area contributed by atoms with E-state index in [0.29, 0.717) is 18.2 Å². The maximum Gasteiger partial charge on any atom is 0.198 e. The summed E-state index contributed by atoms with van der Waals surface area (Å²) >= 11 is 1.35. The van der Waals surface area contributed by atoms with Crippen LogP contribution in [0.15, 0.2) is 0 Å². The van der Waals surface area contributed by atoms with Gasteiger partial charge in [0.05, 0.1) is 12.7 Å². The zero-order valence-electron chi connectivity index (χ0n) is 10.9. The summed E-state index contributed by atoms with van der Waals surface area (Å²) in [4.78, 5) is 2.06. The summed E-state index contributed by atoms with van der Waals surface area (Å²) in [5.41, 5.74) is 5.80. The molecular formula is C11H21N3O2S. The topological polar surface area (TPSA) is 60.6 Å². The van der Waals surface area contributed by atoms with E-state index < -0.39 is 0 Å². The highest BCUT2D eigenvalue weighted by atomic mass is 32.1. The number of rotatable bonds is 7. The number of hydrogen-bond acceptors (Lipinski definition) is 6. The van der Waals surface area contributed by atoms with Crippen molar-refractivity contribution in [1.82, 2.24) is 4.37 Å². The number of nitrogen functional groups attached to an aromatic ring is 1. The Labute approximate surface area is 107 Å². The number of likely N-dealkylation sites (N-methyl/N-ethyl adjacent to an activating group) is 1. The number of nitrogens with zero attached hydrogens (tertiary/aromatic N) is 2. The number of aromatic nitrogens is 1. The highest BCUT2D eigenvalue weighted by Gasteiger charge is 2.17. The van der Waals surface area contributed by atoms with Gasteiger partial charge in [-0.25, -0.2) is 0 Å². The molecule has 0 unspecified atom stereocenters. The van der Waals surface area contributed by atoms with Gasteiger partial charge in [-0.1, -0.05) is 0 Å². The summed E-state index contributed by atoms with van der Waals surface area (Å²) in [6.07, 6.45) is 0.0905. The van der Waals surface area contributed by atoms with Gasteiger partial charge in [0.2, 0.25) is 0 Å². The van der Waals surface area contributed by atoms with Gasteiger partial charge in [0.1, 0.15) is 0 Å². The largest absolute Gasteiger partial charge is 0.484 e. The molecule has 0 fully saturated rings. The molecule has 0 aliphatic rings. The Bertz CT molecular complexity index is 341. The minimum Gasteiger partial charge on any atom is -0.484 e. The van der Waals surface area contributed by atoms with E-state index in [2.05, 4.69) is 9.27 Å². The standard InChI is InChI=1S/C11H21N3O2S/c1-5-15-7-6-14(4)11-9(16-8(2)3)10(12)13-17-11/h8H,5-7H2,1-4H3,(H2,12,13). The average molecular weight is 259 g/mol. The Hall–Kier alpha value is -1.01. The van der Waals surface area contributed by atoms with Gasteiger partial charge in [0, 0.05) is 20.2 Å². The molecule has 0 aromatic carbocycles. The summed E-state index contributed by atoms with van der Waals surface area (Å²) in [5.74, 6) is 1.14. The molecule has 0 aliphatic heterocycles. The lowest BCUT2D eigenvalue weighted by Crippen LogP contribution is -2.22. The first-order valence-corrected chi connectivity index (χ1v) is 6.54. The van der Waals surface area contributed by atoms with Crippen molar-refractivity contribution in [2.45, 2.75) is 26.9 Å². The van der Waals surface area contributed by atoms with Crippen LogP contribution >= 0.6 is 11.5 Å². The van der Waals surface area contributed by atoms with Gasteiger partial charge in [-0.05, 0) is 32.3 Å². The van der Waals surface area contributed by atoms with Gasteiger partial charge in [0.25, 0.3) is 0 Å². The fourth-order valence-electron chi connectivity index (χ4n) is 1.32. The molecule has 5 nitrogen and oxygen atoms in total. The van der Waals surface area contributed by atoms with Crippen LogP contribution in [0, 0.1) is 0 Å². The monoisotopic (exact) mass is 259 g/mol. The van der Waals surface area contributed by atoms with Crippen LogP contribution in [-0.2, 0) is 4.74 Å². The summed E-state index contributed by atoms with van der Waals surface area (Å²) in [6, 6.07) is 0. The maximum atomic E-state index is 5.80. The zero-order chi connectivity index (χ0) is 12.8. The maximum absolute atomic E-state index is 5.80. The lowest BCUT2D eigenvalue weighted by Gasteiger charge is -2.19. The van der Waals surface area contributed by atoms with Crippen LogP contribution in [0.5, 0.6) is 5.75 Å². The summed E-state index contributed by atoms with van der Waals surface area (Å²) in [7, 11) is 1.99. The predicted octanol–water partition coefficient (Wildman–Crippen LogP) is 1.99. The lowest BCUT2D eigenvalue weighted by atomic mass is 10.4. The van der Waals surface area contributed by atoms with Crippen molar-refractivity contribution in [3.63, 3.8) is 0 Å². The molecule has 0 radical (unpaired) electrons. The molecule has 1 rings (SSSR count). The third-order valence-electron chi connectivity index (χ3n) is 2.13. The first-order valence-electron chi connectivity index (χ1n) is 5.77. The van der Waals surface area contributed by atoms with E-state index in [4.69, 9.17) is 15.2 Å². The molecule has 0 bridgehead atoms. The van der Waals surface area contributed by atoms with Gasteiger partial charge < -0.3 is 20.1 Å². The van der Waals surface area contributed by atoms with E-state index in [1.807, 2.05) is 27.8 Å². The predicted molar refractivity (Wildman–Crippen MR) is 72.1 cm³/mol. The Morgan fingerprint density at radius 2 is 2.18 bits per heavy atom. The fraction of sp³-hybridized carbons (Fsp3) is 0.727. The van der Waals surface area contributed by atoms with Crippen molar-refractivity contribution >= 4 is 22.4 Å². The Morgan fingerprint density at radius 1 is 1.47 bits per heavy atom. The number of nitrogens with two attached hydrogens (primary N) is 1. The van der Waals surface area contributed by atoms with E-state index in [0.717, 1.165) is 18.2 Å².